The van der Waals surface area contributed by atoms with Gasteiger partial charge in [-0.3, -0.25) is 9.59 Å². The van der Waals surface area contributed by atoms with Gasteiger partial charge in [0.1, 0.15) is 0 Å². The van der Waals surface area contributed by atoms with E-state index in [2.05, 4.69) is 0 Å². The van der Waals surface area contributed by atoms with Gasteiger partial charge < -0.3 is 4.90 Å². The fourth-order valence-corrected chi connectivity index (χ4v) is 2.89. The first-order valence-corrected chi connectivity index (χ1v) is 8.34. The highest BCUT2D eigenvalue weighted by molar-refractivity contribution is 6.17. The predicted octanol–water partition coefficient (Wildman–Crippen LogP) is 3.36. The van der Waals surface area contributed by atoms with Crippen LogP contribution in [0.2, 0.25) is 0 Å². The summed E-state index contributed by atoms with van der Waals surface area (Å²) in [7, 11) is 0. The molecule has 0 N–H and O–H groups in total. The maximum atomic E-state index is 12.0. The van der Waals surface area contributed by atoms with E-state index in [4.69, 9.17) is 11.6 Å². The summed E-state index contributed by atoms with van der Waals surface area (Å²) in [5.41, 5.74) is 1.01. The molecule has 1 aromatic carbocycles. The second kappa shape index (κ2) is 8.74. The van der Waals surface area contributed by atoms with Crippen molar-refractivity contribution in [2.75, 3.05) is 12.4 Å². The minimum atomic E-state index is 0.0579. The van der Waals surface area contributed by atoms with Crippen molar-refractivity contribution in [3.8, 4) is 0 Å². The van der Waals surface area contributed by atoms with E-state index in [0.717, 1.165) is 31.4 Å². The van der Waals surface area contributed by atoms with Crippen LogP contribution in [-0.4, -0.2) is 35.1 Å². The Hall–Kier alpha value is -1.61. The molecule has 2 rings (SSSR count). The molecule has 1 atom stereocenters. The first kappa shape index (κ1) is 16.8. The van der Waals surface area contributed by atoms with Crippen LogP contribution in [0.5, 0.6) is 0 Å². The van der Waals surface area contributed by atoms with E-state index >= 15 is 0 Å². The lowest BCUT2D eigenvalue weighted by atomic mass is 10.1. The van der Waals surface area contributed by atoms with Gasteiger partial charge in [-0.15, -0.1) is 11.6 Å². The van der Waals surface area contributed by atoms with Gasteiger partial charge in [0.05, 0.1) is 6.04 Å². The highest BCUT2D eigenvalue weighted by Gasteiger charge is 2.28. The zero-order valence-corrected chi connectivity index (χ0v) is 13.5. The molecule has 0 unspecified atom stereocenters. The van der Waals surface area contributed by atoms with Crippen LogP contribution in [0.4, 0.5) is 0 Å². The first-order valence-electron chi connectivity index (χ1n) is 7.81. The molecule has 0 aliphatic carbocycles. The molecule has 1 heterocycles. The lowest BCUT2D eigenvalue weighted by molar-refractivity contribution is -0.128. The summed E-state index contributed by atoms with van der Waals surface area (Å²) in [6.45, 7) is 0.730. The minimum absolute atomic E-state index is 0.0579. The normalized spacial score (nSPS) is 18.3. The number of hydrogen-bond donors (Lipinski definition) is 0. The van der Waals surface area contributed by atoms with Gasteiger partial charge in [-0.2, -0.15) is 0 Å². The highest BCUT2D eigenvalue weighted by Crippen LogP contribution is 2.20. The molecule has 0 aromatic heterocycles. The number of amides is 1. The number of allylic oxidation sites excluding steroid dienone is 1. The van der Waals surface area contributed by atoms with E-state index in [1.807, 2.05) is 41.3 Å². The number of carbonyl (C=O) groups excluding carboxylic acids is 2. The summed E-state index contributed by atoms with van der Waals surface area (Å²) in [6.07, 6.45) is 7.12. The van der Waals surface area contributed by atoms with E-state index in [9.17, 15) is 9.59 Å². The zero-order valence-electron chi connectivity index (χ0n) is 12.7. The Bertz CT molecular complexity index is 527. The molecule has 1 aliphatic rings. The van der Waals surface area contributed by atoms with Crippen LogP contribution in [0.15, 0.2) is 42.5 Å². The first-order chi connectivity index (χ1) is 10.7. The Kier molecular flexibility index (Phi) is 6.66. The second-order valence-electron chi connectivity index (χ2n) is 5.58. The van der Waals surface area contributed by atoms with Crippen LogP contribution >= 0.6 is 11.6 Å². The van der Waals surface area contributed by atoms with E-state index in [0.29, 0.717) is 18.7 Å². The SMILES string of the molecule is O=C(/C=C/[C@H]1CCC(=O)N1CCCCCl)Cc1ccccc1. The zero-order chi connectivity index (χ0) is 15.8. The van der Waals surface area contributed by atoms with E-state index in [1.165, 1.54) is 0 Å². The summed E-state index contributed by atoms with van der Waals surface area (Å²) in [5, 5.41) is 0. The van der Waals surface area contributed by atoms with Gasteiger partial charge in [0.25, 0.3) is 0 Å². The number of ketones is 1. The van der Waals surface area contributed by atoms with Crippen molar-refractivity contribution in [1.82, 2.24) is 4.90 Å². The van der Waals surface area contributed by atoms with Crippen molar-refractivity contribution in [3.63, 3.8) is 0 Å². The third-order valence-electron chi connectivity index (χ3n) is 3.88. The summed E-state index contributed by atoms with van der Waals surface area (Å²) in [5.74, 6) is 0.879. The molecule has 0 saturated carbocycles. The summed E-state index contributed by atoms with van der Waals surface area (Å²) in [6, 6.07) is 9.75. The van der Waals surface area contributed by atoms with Crippen molar-refractivity contribution in [1.29, 1.82) is 0 Å². The molecular formula is C18H22ClNO2. The average Bonchev–Trinajstić information content (AvgIpc) is 2.87. The number of likely N-dealkylation sites (tertiary alicyclic amines) is 1. The quantitative estimate of drug-likeness (QED) is 0.418. The Morgan fingerprint density at radius 3 is 2.77 bits per heavy atom. The van der Waals surface area contributed by atoms with E-state index in [-0.39, 0.29) is 17.7 Å². The molecule has 4 heteroatoms. The molecule has 0 radical (unpaired) electrons. The van der Waals surface area contributed by atoms with Crippen LogP contribution in [0.1, 0.15) is 31.2 Å². The van der Waals surface area contributed by atoms with Gasteiger partial charge in [-0.1, -0.05) is 36.4 Å². The third-order valence-corrected chi connectivity index (χ3v) is 4.15. The van der Waals surface area contributed by atoms with Gasteiger partial charge in [-0.05, 0) is 30.9 Å². The van der Waals surface area contributed by atoms with Crippen LogP contribution in [0.25, 0.3) is 0 Å². The van der Waals surface area contributed by atoms with Gasteiger partial charge in [-0.25, -0.2) is 0 Å². The monoisotopic (exact) mass is 319 g/mol. The standard InChI is InChI=1S/C18H22ClNO2/c19-12-4-5-13-20-16(9-11-18(20)22)8-10-17(21)14-15-6-2-1-3-7-15/h1-3,6-8,10,16H,4-5,9,11-14H2/b10-8+/t16-/m0/s1. The number of rotatable bonds is 8. The van der Waals surface area contributed by atoms with Gasteiger partial charge >= 0.3 is 0 Å². The van der Waals surface area contributed by atoms with Gasteiger partial charge in [0.15, 0.2) is 5.78 Å². The van der Waals surface area contributed by atoms with Gasteiger partial charge in [0, 0.05) is 25.3 Å². The Balaban J connectivity index is 1.87. The van der Waals surface area contributed by atoms with Crippen LogP contribution in [0, 0.1) is 0 Å². The maximum absolute atomic E-state index is 12.0. The van der Waals surface area contributed by atoms with Crippen LogP contribution in [-0.2, 0) is 16.0 Å². The van der Waals surface area contributed by atoms with Crippen molar-refractivity contribution < 1.29 is 9.59 Å². The van der Waals surface area contributed by atoms with Crippen molar-refractivity contribution in [2.24, 2.45) is 0 Å². The molecule has 3 nitrogen and oxygen atoms in total. The summed E-state index contributed by atoms with van der Waals surface area (Å²) < 4.78 is 0. The molecule has 22 heavy (non-hydrogen) atoms. The molecular weight excluding hydrogens is 298 g/mol. The molecule has 0 bridgehead atoms. The van der Waals surface area contributed by atoms with E-state index < -0.39 is 0 Å². The number of hydrogen-bond acceptors (Lipinski definition) is 2. The number of carbonyl (C=O) groups is 2. The summed E-state index contributed by atoms with van der Waals surface area (Å²) in [4.78, 5) is 25.8. The topological polar surface area (TPSA) is 37.4 Å². The fourth-order valence-electron chi connectivity index (χ4n) is 2.70. The average molecular weight is 320 g/mol. The second-order valence-corrected chi connectivity index (χ2v) is 5.96. The minimum Gasteiger partial charge on any atom is -0.336 e. The molecule has 1 amide bonds. The number of unbranched alkanes of at least 4 members (excludes halogenated alkanes) is 1. The Labute approximate surface area is 137 Å². The lowest BCUT2D eigenvalue weighted by Crippen LogP contribution is -2.32. The van der Waals surface area contributed by atoms with Crippen molar-refractivity contribution in [3.05, 3.63) is 48.0 Å². The fraction of sp³-hybridized carbons (Fsp3) is 0.444. The maximum Gasteiger partial charge on any atom is 0.223 e. The van der Waals surface area contributed by atoms with Gasteiger partial charge in [0.2, 0.25) is 5.91 Å². The van der Waals surface area contributed by atoms with Crippen molar-refractivity contribution >= 4 is 23.3 Å². The molecule has 118 valence electrons. The number of alkyl halides is 1. The Morgan fingerprint density at radius 1 is 1.27 bits per heavy atom. The largest absolute Gasteiger partial charge is 0.336 e. The number of halogens is 1. The molecule has 1 fully saturated rings. The third kappa shape index (κ3) is 4.99. The number of benzene rings is 1. The number of nitrogens with zero attached hydrogens (tertiary/aromatic N) is 1. The molecule has 0 spiro atoms. The molecule has 1 aliphatic heterocycles. The lowest BCUT2D eigenvalue weighted by Gasteiger charge is -2.22. The van der Waals surface area contributed by atoms with Crippen LogP contribution < -0.4 is 0 Å². The highest BCUT2D eigenvalue weighted by atomic mass is 35.5. The Morgan fingerprint density at radius 2 is 2.05 bits per heavy atom. The molecule has 1 saturated heterocycles. The smallest absolute Gasteiger partial charge is 0.223 e. The predicted molar refractivity (Wildman–Crippen MR) is 89.0 cm³/mol. The van der Waals surface area contributed by atoms with Crippen LogP contribution in [0.3, 0.4) is 0 Å². The molecule has 1 aromatic rings. The van der Waals surface area contributed by atoms with E-state index in [1.54, 1.807) is 6.08 Å². The van der Waals surface area contributed by atoms with Crippen molar-refractivity contribution in [2.45, 2.75) is 38.1 Å². The summed E-state index contributed by atoms with van der Waals surface area (Å²) >= 11 is 5.68.